The van der Waals surface area contributed by atoms with Crippen LogP contribution < -0.4 is 0 Å². The van der Waals surface area contributed by atoms with Gasteiger partial charge in [0.15, 0.2) is 5.60 Å². The predicted octanol–water partition coefficient (Wildman–Crippen LogP) is 3.46. The summed E-state index contributed by atoms with van der Waals surface area (Å²) in [5, 5.41) is 0. The first-order chi connectivity index (χ1) is 12.1. The Kier molecular flexibility index (Phi) is 5.91. The van der Waals surface area contributed by atoms with E-state index in [1.165, 1.54) is 0 Å². The average Bonchev–Trinajstić information content (AvgIpc) is 3.24. The second kappa shape index (κ2) is 7.62. The summed E-state index contributed by atoms with van der Waals surface area (Å²) >= 11 is 0. The van der Waals surface area contributed by atoms with E-state index in [-0.39, 0.29) is 12.5 Å². The van der Waals surface area contributed by atoms with Crippen molar-refractivity contribution < 1.29 is 23.8 Å². The van der Waals surface area contributed by atoms with E-state index in [4.69, 9.17) is 14.2 Å². The van der Waals surface area contributed by atoms with Gasteiger partial charge in [-0.1, -0.05) is 36.9 Å². The Morgan fingerprint density at radius 3 is 2.42 bits per heavy atom. The van der Waals surface area contributed by atoms with Crippen LogP contribution in [0.25, 0.3) is 0 Å². The van der Waals surface area contributed by atoms with Crippen LogP contribution in [0, 0.1) is 5.92 Å². The predicted molar refractivity (Wildman–Crippen MR) is 98.5 cm³/mol. The van der Waals surface area contributed by atoms with E-state index in [2.05, 4.69) is 6.58 Å². The first-order valence-electron chi connectivity index (χ1n) is 8.89. The smallest absolute Gasteiger partial charge is 0.340 e. The second-order valence-corrected chi connectivity index (χ2v) is 7.69. The first-order valence-corrected chi connectivity index (χ1v) is 8.89. The van der Waals surface area contributed by atoms with Gasteiger partial charge in [-0.3, -0.25) is 0 Å². The van der Waals surface area contributed by atoms with Crippen LogP contribution in [0.15, 0.2) is 42.5 Å². The van der Waals surface area contributed by atoms with Gasteiger partial charge in [0.1, 0.15) is 11.7 Å². The molecule has 0 amide bonds. The normalized spacial score (nSPS) is 23.0. The number of esters is 2. The lowest BCUT2D eigenvalue weighted by atomic mass is 9.85. The van der Waals surface area contributed by atoms with Crippen molar-refractivity contribution in [2.24, 2.45) is 5.92 Å². The number of hydrogen-bond acceptors (Lipinski definition) is 5. The summed E-state index contributed by atoms with van der Waals surface area (Å²) in [7, 11) is 0. The first kappa shape index (κ1) is 20.2. The molecule has 26 heavy (non-hydrogen) atoms. The minimum absolute atomic E-state index is 0.279. The monoisotopic (exact) mass is 360 g/mol. The fourth-order valence-electron chi connectivity index (χ4n) is 2.91. The molecule has 0 aliphatic carbocycles. The van der Waals surface area contributed by atoms with Crippen LogP contribution in [0.1, 0.15) is 40.2 Å². The van der Waals surface area contributed by atoms with Gasteiger partial charge in [-0.05, 0) is 46.6 Å². The molecule has 142 valence electrons. The number of ether oxygens (including phenoxy) is 3. The highest BCUT2D eigenvalue weighted by molar-refractivity contribution is 5.90. The van der Waals surface area contributed by atoms with Crippen LogP contribution in [-0.2, 0) is 30.2 Å². The summed E-state index contributed by atoms with van der Waals surface area (Å²) in [6, 6.07) is 9.73. The molecule has 5 heteroatoms. The van der Waals surface area contributed by atoms with Crippen molar-refractivity contribution in [2.75, 3.05) is 6.61 Å². The van der Waals surface area contributed by atoms with Crippen molar-refractivity contribution in [1.82, 2.24) is 0 Å². The van der Waals surface area contributed by atoms with Gasteiger partial charge in [0.2, 0.25) is 0 Å². The number of rotatable bonds is 7. The lowest BCUT2D eigenvalue weighted by molar-refractivity contribution is -0.151. The van der Waals surface area contributed by atoms with E-state index in [9.17, 15) is 9.59 Å². The van der Waals surface area contributed by atoms with Crippen LogP contribution in [0.3, 0.4) is 0 Å². The Morgan fingerprint density at radius 1 is 1.27 bits per heavy atom. The third kappa shape index (κ3) is 4.73. The fourth-order valence-corrected chi connectivity index (χ4v) is 2.91. The Balaban J connectivity index is 2.22. The zero-order valence-corrected chi connectivity index (χ0v) is 16.2. The van der Waals surface area contributed by atoms with Crippen molar-refractivity contribution in [1.29, 1.82) is 0 Å². The fraction of sp³-hybridized carbons (Fsp3) is 0.524. The van der Waals surface area contributed by atoms with Crippen LogP contribution in [0.2, 0.25) is 0 Å². The Bertz CT molecular complexity index is 673. The molecule has 0 saturated carbocycles. The van der Waals surface area contributed by atoms with Crippen LogP contribution in [0.4, 0.5) is 0 Å². The quantitative estimate of drug-likeness (QED) is 0.423. The van der Waals surface area contributed by atoms with Gasteiger partial charge in [0.05, 0.1) is 6.61 Å². The highest BCUT2D eigenvalue weighted by atomic mass is 16.7. The molecule has 1 aliphatic rings. The van der Waals surface area contributed by atoms with Gasteiger partial charge < -0.3 is 14.2 Å². The molecule has 0 aromatic heterocycles. The summed E-state index contributed by atoms with van der Waals surface area (Å²) in [4.78, 5) is 24.8. The zero-order chi connectivity index (χ0) is 19.5. The number of benzene rings is 1. The van der Waals surface area contributed by atoms with E-state index in [1.54, 1.807) is 34.6 Å². The van der Waals surface area contributed by atoms with Gasteiger partial charge in [-0.25, -0.2) is 9.59 Å². The van der Waals surface area contributed by atoms with Gasteiger partial charge in [0.25, 0.3) is 0 Å². The third-order valence-corrected chi connectivity index (χ3v) is 4.31. The Morgan fingerprint density at radius 2 is 1.88 bits per heavy atom. The maximum atomic E-state index is 12.5. The molecule has 1 heterocycles. The molecule has 0 spiro atoms. The van der Waals surface area contributed by atoms with Crippen molar-refractivity contribution in [3.8, 4) is 0 Å². The number of epoxide rings is 1. The molecule has 2 unspecified atom stereocenters. The van der Waals surface area contributed by atoms with Crippen LogP contribution in [0.5, 0.6) is 0 Å². The lowest BCUT2D eigenvalue weighted by Crippen LogP contribution is -2.33. The molecular formula is C21H28O5. The van der Waals surface area contributed by atoms with Gasteiger partial charge >= 0.3 is 11.9 Å². The Labute approximate surface area is 155 Å². The molecule has 0 N–H and O–H groups in total. The third-order valence-electron chi connectivity index (χ3n) is 4.31. The van der Waals surface area contributed by atoms with Crippen molar-refractivity contribution in [3.63, 3.8) is 0 Å². The highest BCUT2D eigenvalue weighted by Gasteiger charge is 2.63. The standard InChI is InChI=1S/C21H28O5/c1-7-24-19(23)21(6)17(25-21)16(13-15-11-9-8-10-12-15)14(2)18(22)26-20(3,4)5/h8-12,16-17H,2,7,13H2,1,3-6H3/t16-,17?,21?/m1/s1. The minimum atomic E-state index is -1.06. The lowest BCUT2D eigenvalue weighted by Gasteiger charge is -2.24. The van der Waals surface area contributed by atoms with E-state index < -0.39 is 29.2 Å². The molecule has 1 saturated heterocycles. The molecule has 2 rings (SSSR count). The highest BCUT2D eigenvalue weighted by Crippen LogP contribution is 2.46. The zero-order valence-electron chi connectivity index (χ0n) is 16.2. The largest absolute Gasteiger partial charge is 0.464 e. The molecular weight excluding hydrogens is 332 g/mol. The summed E-state index contributed by atoms with van der Waals surface area (Å²) in [6.07, 6.45) is 0.0558. The summed E-state index contributed by atoms with van der Waals surface area (Å²) < 4.78 is 16.3. The molecule has 5 nitrogen and oxygen atoms in total. The van der Waals surface area contributed by atoms with Crippen LogP contribution in [-0.4, -0.2) is 35.9 Å². The van der Waals surface area contributed by atoms with E-state index in [1.807, 2.05) is 30.3 Å². The molecule has 1 aromatic carbocycles. The molecule has 3 atom stereocenters. The summed E-state index contributed by atoms with van der Waals surface area (Å²) in [5.41, 5.74) is -0.335. The molecule has 1 aliphatic heterocycles. The molecule has 0 bridgehead atoms. The summed E-state index contributed by atoms with van der Waals surface area (Å²) in [6.45, 7) is 13.1. The van der Waals surface area contributed by atoms with Gasteiger partial charge in [0, 0.05) is 11.5 Å². The van der Waals surface area contributed by atoms with Crippen molar-refractivity contribution in [2.45, 2.75) is 58.3 Å². The van der Waals surface area contributed by atoms with E-state index in [0.717, 1.165) is 5.56 Å². The van der Waals surface area contributed by atoms with E-state index >= 15 is 0 Å². The topological polar surface area (TPSA) is 65.1 Å². The minimum Gasteiger partial charge on any atom is -0.464 e. The van der Waals surface area contributed by atoms with Crippen molar-refractivity contribution >= 4 is 11.9 Å². The molecule has 1 fully saturated rings. The number of carbonyl (C=O) groups is 2. The van der Waals surface area contributed by atoms with E-state index in [0.29, 0.717) is 12.0 Å². The Hall–Kier alpha value is -2.14. The molecule has 1 aromatic rings. The average molecular weight is 360 g/mol. The van der Waals surface area contributed by atoms with Gasteiger partial charge in [-0.15, -0.1) is 0 Å². The SMILES string of the molecule is C=C(C(=O)OC(C)(C)C)[C@@H](Cc1ccccc1)C1OC1(C)C(=O)OCC. The maximum absolute atomic E-state index is 12.5. The van der Waals surface area contributed by atoms with Gasteiger partial charge in [-0.2, -0.15) is 0 Å². The summed E-state index contributed by atoms with van der Waals surface area (Å²) in [5.74, 6) is -1.26. The number of hydrogen-bond donors (Lipinski definition) is 0. The van der Waals surface area contributed by atoms with Crippen LogP contribution >= 0.6 is 0 Å². The van der Waals surface area contributed by atoms with Crippen molar-refractivity contribution in [3.05, 3.63) is 48.0 Å². The number of carbonyl (C=O) groups excluding carboxylic acids is 2. The molecule has 0 radical (unpaired) electrons. The maximum Gasteiger partial charge on any atom is 0.340 e. The second-order valence-electron chi connectivity index (χ2n) is 7.69.